The fourth-order valence-corrected chi connectivity index (χ4v) is 3.04. The highest BCUT2D eigenvalue weighted by atomic mass is 127. The van der Waals surface area contributed by atoms with Crippen molar-refractivity contribution < 1.29 is 20.1 Å². The molecule has 0 aromatic heterocycles. The van der Waals surface area contributed by atoms with Gasteiger partial charge in [-0.1, -0.05) is 22.6 Å². The van der Waals surface area contributed by atoms with Gasteiger partial charge in [-0.3, -0.25) is 4.79 Å². The number of hydrogen-bond donors (Lipinski definition) is 3. The van der Waals surface area contributed by atoms with E-state index >= 15 is 0 Å². The molecule has 3 N–H and O–H groups in total. The Labute approximate surface area is 103 Å². The largest absolute Gasteiger partial charge is 0.390 e. The van der Waals surface area contributed by atoms with Gasteiger partial charge in [0.25, 0.3) is 0 Å². The van der Waals surface area contributed by atoms with Crippen molar-refractivity contribution in [1.82, 2.24) is 0 Å². The van der Waals surface area contributed by atoms with Gasteiger partial charge in [-0.25, -0.2) is 0 Å². The molecule has 1 rings (SSSR count). The molecular formula is C7H10I2O4. The van der Waals surface area contributed by atoms with Crippen molar-refractivity contribution in [1.29, 1.82) is 0 Å². The van der Waals surface area contributed by atoms with E-state index in [4.69, 9.17) is 0 Å². The van der Waals surface area contributed by atoms with E-state index in [-0.39, 0.29) is 20.6 Å². The molecule has 4 atom stereocenters. The molecule has 0 aromatic carbocycles. The minimum Gasteiger partial charge on any atom is -0.390 e. The quantitative estimate of drug-likeness (QED) is 0.322. The Morgan fingerprint density at radius 2 is 1.92 bits per heavy atom. The fraction of sp³-hybridized carbons (Fsp3) is 0.857. The summed E-state index contributed by atoms with van der Waals surface area (Å²) < 4.78 is -0.664. The van der Waals surface area contributed by atoms with Crippen molar-refractivity contribution in [3.05, 3.63) is 0 Å². The van der Waals surface area contributed by atoms with Gasteiger partial charge in [0, 0.05) is 32.9 Å². The smallest absolute Gasteiger partial charge is 0.223 e. The van der Waals surface area contributed by atoms with Gasteiger partial charge in [-0.15, -0.1) is 0 Å². The monoisotopic (exact) mass is 412 g/mol. The first kappa shape index (κ1) is 12.1. The number of rotatable bonds is 1. The molecule has 0 unspecified atom stereocenters. The van der Waals surface area contributed by atoms with Crippen LogP contribution in [0.5, 0.6) is 0 Å². The van der Waals surface area contributed by atoms with E-state index in [2.05, 4.69) is 0 Å². The first-order chi connectivity index (χ1) is 5.87. The third-order valence-corrected chi connectivity index (χ3v) is 4.39. The van der Waals surface area contributed by atoms with E-state index in [9.17, 15) is 20.1 Å². The molecule has 0 spiro atoms. The number of hydrogen-bond acceptors (Lipinski definition) is 4. The van der Waals surface area contributed by atoms with Gasteiger partial charge < -0.3 is 15.3 Å². The van der Waals surface area contributed by atoms with Crippen LogP contribution in [-0.4, -0.2) is 40.8 Å². The summed E-state index contributed by atoms with van der Waals surface area (Å²) in [6, 6.07) is 0. The third-order valence-electron chi connectivity index (χ3n) is 2.21. The lowest BCUT2D eigenvalue weighted by atomic mass is 9.82. The van der Waals surface area contributed by atoms with Crippen LogP contribution in [0.1, 0.15) is 12.8 Å². The third kappa shape index (κ3) is 2.52. The SMILES string of the molecule is O=C(I)[C@]1(O)C[C@@H](O)[C@@H](O)[C@H](I)C1. The zero-order valence-corrected chi connectivity index (χ0v) is 11.0. The Balaban J connectivity index is 2.79. The second-order valence-corrected chi connectivity index (χ2v) is 5.87. The molecule has 0 heterocycles. The topological polar surface area (TPSA) is 77.8 Å². The Morgan fingerprint density at radius 3 is 2.31 bits per heavy atom. The molecule has 0 bridgehead atoms. The second-order valence-electron chi connectivity index (χ2n) is 3.29. The van der Waals surface area contributed by atoms with E-state index in [1.165, 1.54) is 22.6 Å². The maximum absolute atomic E-state index is 11.1. The van der Waals surface area contributed by atoms with Gasteiger partial charge in [0.15, 0.2) is 0 Å². The van der Waals surface area contributed by atoms with Crippen molar-refractivity contribution in [3.8, 4) is 0 Å². The summed E-state index contributed by atoms with van der Waals surface area (Å²) in [4.78, 5) is 11.1. The highest BCUT2D eigenvalue weighted by Crippen LogP contribution is 2.35. The van der Waals surface area contributed by atoms with Crippen molar-refractivity contribution in [2.45, 2.75) is 34.6 Å². The average Bonchev–Trinajstić information content (AvgIpc) is 2.00. The summed E-state index contributed by atoms with van der Waals surface area (Å²) >= 11 is 3.45. The van der Waals surface area contributed by atoms with E-state index in [1.807, 2.05) is 22.6 Å². The molecule has 76 valence electrons. The number of alkyl halides is 1. The van der Waals surface area contributed by atoms with E-state index in [1.54, 1.807) is 0 Å². The van der Waals surface area contributed by atoms with Crippen LogP contribution >= 0.6 is 45.2 Å². The lowest BCUT2D eigenvalue weighted by Gasteiger charge is -2.38. The Morgan fingerprint density at radius 1 is 1.38 bits per heavy atom. The van der Waals surface area contributed by atoms with Gasteiger partial charge >= 0.3 is 0 Å². The molecule has 1 fully saturated rings. The second kappa shape index (κ2) is 4.25. The molecule has 13 heavy (non-hydrogen) atoms. The summed E-state index contributed by atoms with van der Waals surface area (Å²) in [5.41, 5.74) is -1.47. The van der Waals surface area contributed by atoms with Crippen molar-refractivity contribution in [2.75, 3.05) is 0 Å². The summed E-state index contributed by atoms with van der Waals surface area (Å²) in [7, 11) is 0. The summed E-state index contributed by atoms with van der Waals surface area (Å²) in [6.07, 6.45) is -1.74. The molecule has 0 amide bonds. The van der Waals surface area contributed by atoms with Crippen molar-refractivity contribution in [3.63, 3.8) is 0 Å². The Bertz CT molecular complexity index is 209. The van der Waals surface area contributed by atoms with Gasteiger partial charge in [-0.2, -0.15) is 0 Å². The minimum absolute atomic E-state index is 0.0740. The van der Waals surface area contributed by atoms with Gasteiger partial charge in [0.05, 0.1) is 12.2 Å². The van der Waals surface area contributed by atoms with Crippen LogP contribution in [0.4, 0.5) is 0 Å². The highest BCUT2D eigenvalue weighted by Gasteiger charge is 2.46. The number of halogens is 2. The number of carbonyl (C=O) groups excluding carboxylic acids is 1. The normalized spacial score (nSPS) is 46.1. The summed E-state index contributed by atoms with van der Waals surface area (Å²) in [5, 5.41) is 28.5. The predicted octanol–water partition coefficient (Wildman–Crippen LogP) is -0.00170. The maximum Gasteiger partial charge on any atom is 0.223 e. The molecular weight excluding hydrogens is 402 g/mol. The van der Waals surface area contributed by atoms with Crippen molar-refractivity contribution >= 4 is 49.0 Å². The Hall–Kier alpha value is 1.01. The molecule has 1 aliphatic carbocycles. The van der Waals surface area contributed by atoms with E-state index < -0.39 is 17.8 Å². The Kier molecular flexibility index (Phi) is 3.95. The summed E-state index contributed by atoms with van der Waals surface area (Å²) in [6.45, 7) is 0. The first-order valence-electron chi connectivity index (χ1n) is 3.79. The van der Waals surface area contributed by atoms with Crippen LogP contribution in [-0.2, 0) is 4.79 Å². The number of aliphatic hydroxyl groups is 3. The van der Waals surface area contributed by atoms with Gasteiger partial charge in [0.1, 0.15) is 5.60 Å². The molecule has 0 radical (unpaired) electrons. The van der Waals surface area contributed by atoms with E-state index in [0.717, 1.165) is 0 Å². The molecule has 1 aliphatic rings. The van der Waals surface area contributed by atoms with Crippen LogP contribution in [0.2, 0.25) is 0 Å². The van der Waals surface area contributed by atoms with Gasteiger partial charge in [0.2, 0.25) is 3.79 Å². The zero-order chi connectivity index (χ0) is 10.2. The number of carbonyl (C=O) groups is 1. The number of aliphatic hydroxyl groups excluding tert-OH is 2. The first-order valence-corrected chi connectivity index (χ1v) is 6.12. The highest BCUT2D eigenvalue weighted by molar-refractivity contribution is 14.1. The van der Waals surface area contributed by atoms with Crippen LogP contribution in [0.25, 0.3) is 0 Å². The standard InChI is InChI=1S/C7H10I2O4/c8-3-1-7(13,6(9)12)2-4(10)5(3)11/h3-5,10-11,13H,1-2H2/t3-,4-,5+,7-/m1/s1. The lowest BCUT2D eigenvalue weighted by molar-refractivity contribution is -0.139. The summed E-state index contributed by atoms with van der Waals surface area (Å²) in [5.74, 6) is 0. The lowest BCUT2D eigenvalue weighted by Crippen LogP contribution is -2.53. The van der Waals surface area contributed by atoms with Crippen LogP contribution in [0.3, 0.4) is 0 Å². The van der Waals surface area contributed by atoms with Crippen molar-refractivity contribution in [2.24, 2.45) is 0 Å². The molecule has 1 saturated carbocycles. The molecule has 0 saturated heterocycles. The molecule has 6 heteroatoms. The maximum atomic E-state index is 11.1. The predicted molar refractivity (Wildman–Crippen MR) is 63.0 cm³/mol. The van der Waals surface area contributed by atoms with Crippen LogP contribution in [0.15, 0.2) is 0 Å². The van der Waals surface area contributed by atoms with E-state index in [0.29, 0.717) is 0 Å². The fourth-order valence-electron chi connectivity index (χ4n) is 1.39. The average molecular weight is 412 g/mol. The van der Waals surface area contributed by atoms with Crippen LogP contribution < -0.4 is 0 Å². The molecule has 0 aromatic rings. The molecule has 0 aliphatic heterocycles. The molecule has 4 nitrogen and oxygen atoms in total. The minimum atomic E-state index is -1.47. The zero-order valence-electron chi connectivity index (χ0n) is 6.65. The van der Waals surface area contributed by atoms with Gasteiger partial charge in [-0.05, 0) is 6.42 Å². The van der Waals surface area contributed by atoms with Crippen LogP contribution in [0, 0.1) is 0 Å².